The SMILES string of the molecule is O=C(O)C1CCCN(C(=O)NCC2CCCC(F)(F)C2)C1. The van der Waals surface area contributed by atoms with Gasteiger partial charge in [0.1, 0.15) is 0 Å². The quantitative estimate of drug-likeness (QED) is 0.840. The molecule has 21 heavy (non-hydrogen) atoms. The van der Waals surface area contributed by atoms with E-state index in [4.69, 9.17) is 5.11 Å². The molecule has 2 N–H and O–H groups in total. The summed E-state index contributed by atoms with van der Waals surface area (Å²) in [7, 11) is 0. The summed E-state index contributed by atoms with van der Waals surface area (Å²) in [6.07, 6.45) is 2.18. The molecule has 0 radical (unpaired) electrons. The molecule has 7 heteroatoms. The van der Waals surface area contributed by atoms with Crippen molar-refractivity contribution in [2.24, 2.45) is 11.8 Å². The number of hydrogen-bond acceptors (Lipinski definition) is 2. The molecule has 0 bridgehead atoms. The molecular weight excluding hydrogens is 282 g/mol. The van der Waals surface area contributed by atoms with E-state index in [-0.39, 0.29) is 37.9 Å². The molecule has 1 aliphatic carbocycles. The molecule has 1 saturated carbocycles. The summed E-state index contributed by atoms with van der Waals surface area (Å²) in [5.74, 6) is -4.23. The van der Waals surface area contributed by atoms with Gasteiger partial charge in [0.05, 0.1) is 5.92 Å². The van der Waals surface area contributed by atoms with Crippen molar-refractivity contribution >= 4 is 12.0 Å². The van der Waals surface area contributed by atoms with Gasteiger partial charge >= 0.3 is 12.0 Å². The number of nitrogens with one attached hydrogen (secondary N) is 1. The van der Waals surface area contributed by atoms with Gasteiger partial charge in [0.2, 0.25) is 5.92 Å². The van der Waals surface area contributed by atoms with Crippen LogP contribution in [0.1, 0.15) is 38.5 Å². The molecule has 2 aliphatic rings. The van der Waals surface area contributed by atoms with Crippen LogP contribution in [0.4, 0.5) is 13.6 Å². The van der Waals surface area contributed by atoms with Gasteiger partial charge in [-0.3, -0.25) is 4.79 Å². The van der Waals surface area contributed by atoms with E-state index >= 15 is 0 Å². The maximum atomic E-state index is 13.3. The van der Waals surface area contributed by atoms with E-state index in [0.717, 1.165) is 0 Å². The number of rotatable bonds is 3. The summed E-state index contributed by atoms with van der Waals surface area (Å²) < 4.78 is 26.6. The maximum Gasteiger partial charge on any atom is 0.317 e. The van der Waals surface area contributed by atoms with Crippen LogP contribution >= 0.6 is 0 Å². The van der Waals surface area contributed by atoms with Gasteiger partial charge in [0, 0.05) is 32.5 Å². The van der Waals surface area contributed by atoms with Crippen molar-refractivity contribution in [3.63, 3.8) is 0 Å². The predicted molar refractivity (Wildman–Crippen MR) is 72.2 cm³/mol. The Morgan fingerprint density at radius 3 is 2.71 bits per heavy atom. The number of carboxylic acids is 1. The van der Waals surface area contributed by atoms with Crippen LogP contribution in [-0.4, -0.2) is 47.6 Å². The molecule has 5 nitrogen and oxygen atoms in total. The summed E-state index contributed by atoms with van der Waals surface area (Å²) >= 11 is 0. The lowest BCUT2D eigenvalue weighted by Gasteiger charge is -2.32. The fraction of sp³-hybridized carbons (Fsp3) is 0.857. The molecule has 2 unspecified atom stereocenters. The molecule has 2 fully saturated rings. The van der Waals surface area contributed by atoms with Crippen LogP contribution in [0.5, 0.6) is 0 Å². The van der Waals surface area contributed by atoms with Gasteiger partial charge in [-0.2, -0.15) is 0 Å². The number of piperidine rings is 1. The monoisotopic (exact) mass is 304 g/mol. The fourth-order valence-corrected chi connectivity index (χ4v) is 3.16. The van der Waals surface area contributed by atoms with Crippen molar-refractivity contribution in [3.05, 3.63) is 0 Å². The molecule has 0 aromatic rings. The van der Waals surface area contributed by atoms with Gasteiger partial charge in [-0.15, -0.1) is 0 Å². The first-order chi connectivity index (χ1) is 9.87. The van der Waals surface area contributed by atoms with Gasteiger partial charge < -0.3 is 15.3 Å². The third kappa shape index (κ3) is 4.54. The minimum Gasteiger partial charge on any atom is -0.481 e. The van der Waals surface area contributed by atoms with Crippen LogP contribution in [-0.2, 0) is 4.79 Å². The highest BCUT2D eigenvalue weighted by Crippen LogP contribution is 2.36. The molecule has 120 valence electrons. The van der Waals surface area contributed by atoms with E-state index in [9.17, 15) is 18.4 Å². The Labute approximate surface area is 122 Å². The second-order valence-electron chi connectivity index (χ2n) is 6.13. The van der Waals surface area contributed by atoms with Crippen molar-refractivity contribution in [2.45, 2.75) is 44.4 Å². The number of urea groups is 1. The van der Waals surface area contributed by atoms with Crippen LogP contribution in [0.25, 0.3) is 0 Å². The molecule has 1 saturated heterocycles. The number of carboxylic acid groups (broad SMARTS) is 1. The van der Waals surface area contributed by atoms with Crippen LogP contribution in [0.3, 0.4) is 0 Å². The third-order valence-corrected chi connectivity index (χ3v) is 4.34. The van der Waals surface area contributed by atoms with Crippen molar-refractivity contribution in [1.29, 1.82) is 0 Å². The molecule has 0 aromatic heterocycles. The fourth-order valence-electron chi connectivity index (χ4n) is 3.16. The number of hydrogen-bond donors (Lipinski definition) is 2. The smallest absolute Gasteiger partial charge is 0.317 e. The summed E-state index contributed by atoms with van der Waals surface area (Å²) in [6, 6.07) is -0.338. The summed E-state index contributed by atoms with van der Waals surface area (Å²) in [5.41, 5.74) is 0. The number of halogens is 2. The largest absolute Gasteiger partial charge is 0.481 e. The molecule has 2 rings (SSSR count). The second-order valence-corrected chi connectivity index (χ2v) is 6.13. The van der Waals surface area contributed by atoms with Crippen LogP contribution < -0.4 is 5.32 Å². The first-order valence-electron chi connectivity index (χ1n) is 7.51. The molecule has 0 aromatic carbocycles. The number of carbonyl (C=O) groups is 2. The maximum absolute atomic E-state index is 13.3. The topological polar surface area (TPSA) is 69.6 Å². The standard InChI is InChI=1S/C14H22F2N2O3/c15-14(16)5-1-3-10(7-14)8-17-13(21)18-6-2-4-11(9-18)12(19)20/h10-11H,1-9H2,(H,17,21)(H,19,20). The van der Waals surface area contributed by atoms with Gasteiger partial charge in [-0.05, 0) is 31.6 Å². The summed E-state index contributed by atoms with van der Waals surface area (Å²) in [4.78, 5) is 24.4. The summed E-state index contributed by atoms with van der Waals surface area (Å²) in [6.45, 7) is 0.959. The highest BCUT2D eigenvalue weighted by molar-refractivity contribution is 5.76. The molecule has 1 aliphatic heterocycles. The number of amides is 2. The number of nitrogens with zero attached hydrogens (tertiary/aromatic N) is 1. The number of likely N-dealkylation sites (tertiary alicyclic amines) is 1. The molecule has 0 spiro atoms. The Morgan fingerprint density at radius 1 is 1.29 bits per heavy atom. The average molecular weight is 304 g/mol. The van der Waals surface area contributed by atoms with Crippen molar-refractivity contribution in [1.82, 2.24) is 10.2 Å². The van der Waals surface area contributed by atoms with Crippen molar-refractivity contribution in [3.8, 4) is 0 Å². The third-order valence-electron chi connectivity index (χ3n) is 4.34. The first kappa shape index (κ1) is 16.0. The van der Waals surface area contributed by atoms with E-state index in [2.05, 4.69) is 5.32 Å². The lowest BCUT2D eigenvalue weighted by Crippen LogP contribution is -2.48. The zero-order valence-electron chi connectivity index (χ0n) is 12.0. The predicted octanol–water partition coefficient (Wildman–Crippen LogP) is 2.32. The van der Waals surface area contributed by atoms with Gasteiger partial charge in [-0.25, -0.2) is 13.6 Å². The van der Waals surface area contributed by atoms with E-state index < -0.39 is 17.8 Å². The molecule has 1 heterocycles. The van der Waals surface area contributed by atoms with E-state index in [1.54, 1.807) is 0 Å². The second kappa shape index (κ2) is 6.58. The molecule has 2 atom stereocenters. The Morgan fingerprint density at radius 2 is 2.05 bits per heavy atom. The van der Waals surface area contributed by atoms with E-state index in [0.29, 0.717) is 32.2 Å². The van der Waals surface area contributed by atoms with Gasteiger partial charge in [0.25, 0.3) is 0 Å². The number of alkyl halides is 2. The van der Waals surface area contributed by atoms with Gasteiger partial charge in [0.15, 0.2) is 0 Å². The Bertz CT molecular complexity index is 404. The lowest BCUT2D eigenvalue weighted by atomic mass is 9.86. The van der Waals surface area contributed by atoms with Crippen LogP contribution in [0.15, 0.2) is 0 Å². The highest BCUT2D eigenvalue weighted by atomic mass is 19.3. The average Bonchev–Trinajstić information content (AvgIpc) is 2.44. The van der Waals surface area contributed by atoms with E-state index in [1.807, 2.05) is 0 Å². The van der Waals surface area contributed by atoms with Crippen LogP contribution in [0.2, 0.25) is 0 Å². The minimum absolute atomic E-state index is 0.0656. The summed E-state index contributed by atoms with van der Waals surface area (Å²) in [5, 5.41) is 11.7. The van der Waals surface area contributed by atoms with Crippen molar-refractivity contribution < 1.29 is 23.5 Å². The lowest BCUT2D eigenvalue weighted by molar-refractivity contribution is -0.143. The normalized spacial score (nSPS) is 29.0. The zero-order valence-corrected chi connectivity index (χ0v) is 12.0. The zero-order chi connectivity index (χ0) is 15.5. The Balaban J connectivity index is 1.77. The van der Waals surface area contributed by atoms with Gasteiger partial charge in [-0.1, -0.05) is 0 Å². The minimum atomic E-state index is -2.62. The Kier molecular flexibility index (Phi) is 5.00. The van der Waals surface area contributed by atoms with E-state index in [1.165, 1.54) is 4.90 Å². The van der Waals surface area contributed by atoms with Crippen LogP contribution in [0, 0.1) is 11.8 Å². The number of aliphatic carboxylic acids is 1. The molecular formula is C14H22F2N2O3. The molecule has 2 amide bonds. The number of carbonyl (C=O) groups excluding carboxylic acids is 1. The highest BCUT2D eigenvalue weighted by Gasteiger charge is 2.36. The Hall–Kier alpha value is -1.40. The first-order valence-corrected chi connectivity index (χ1v) is 7.51. The van der Waals surface area contributed by atoms with Crippen molar-refractivity contribution in [2.75, 3.05) is 19.6 Å².